The molecule has 1 aliphatic heterocycles. The highest BCUT2D eigenvalue weighted by molar-refractivity contribution is 7.92. The number of para-hydroxylation sites is 1. The first-order valence-electron chi connectivity index (χ1n) is 11.3. The molecule has 0 saturated carbocycles. The third-order valence-electron chi connectivity index (χ3n) is 6.92. The number of benzene rings is 3. The first kappa shape index (κ1) is 22.3. The number of aromatic hydroxyl groups is 1. The Hall–Kier alpha value is -3.45. The molecular formula is C27H28N2O4S. The molecule has 0 saturated heterocycles. The smallest absolute Gasteiger partial charge is 0.261 e. The number of methoxy groups -OCH3 is 1. The summed E-state index contributed by atoms with van der Waals surface area (Å²) in [5.74, 6) is 0.865. The van der Waals surface area contributed by atoms with Crippen molar-refractivity contribution < 1.29 is 18.3 Å². The lowest BCUT2D eigenvalue weighted by Crippen LogP contribution is -2.29. The molecule has 6 nitrogen and oxygen atoms in total. The van der Waals surface area contributed by atoms with Gasteiger partial charge in [-0.15, -0.1) is 0 Å². The van der Waals surface area contributed by atoms with Crippen molar-refractivity contribution in [2.24, 2.45) is 5.92 Å². The van der Waals surface area contributed by atoms with Crippen LogP contribution in [0.3, 0.4) is 0 Å². The van der Waals surface area contributed by atoms with E-state index in [0.29, 0.717) is 11.4 Å². The van der Waals surface area contributed by atoms with Crippen LogP contribution < -0.4 is 14.8 Å². The summed E-state index contributed by atoms with van der Waals surface area (Å²) in [5, 5.41) is 13.6. The molecule has 3 aromatic rings. The summed E-state index contributed by atoms with van der Waals surface area (Å²) < 4.78 is 34.7. The van der Waals surface area contributed by atoms with Crippen molar-refractivity contribution in [3.8, 4) is 11.5 Å². The lowest BCUT2D eigenvalue weighted by atomic mass is 9.77. The fourth-order valence-corrected chi connectivity index (χ4v) is 6.36. The third-order valence-corrected chi connectivity index (χ3v) is 8.27. The number of sulfonamides is 1. The monoisotopic (exact) mass is 476 g/mol. The predicted molar refractivity (Wildman–Crippen MR) is 134 cm³/mol. The quantitative estimate of drug-likeness (QED) is 0.415. The Morgan fingerprint density at radius 1 is 1.06 bits per heavy atom. The van der Waals surface area contributed by atoms with Gasteiger partial charge in [0.25, 0.3) is 10.0 Å². The lowest BCUT2D eigenvalue weighted by molar-refractivity contribution is 0.370. The van der Waals surface area contributed by atoms with Crippen LogP contribution in [0, 0.1) is 19.8 Å². The number of allylic oxidation sites excluding steroid dienone is 2. The molecule has 0 spiro atoms. The van der Waals surface area contributed by atoms with Crippen molar-refractivity contribution in [1.82, 2.24) is 0 Å². The normalized spacial score (nSPS) is 20.9. The standard InChI is InChI=1S/C27H28N2O4S/c1-16-6-4-7-17(2)26(16)29-34(31,32)19-11-12-23-22(15-19)20-8-5-9-21(20)27(28-23)18-10-13-24(30)25(14-18)33-3/h4-8,10-15,20-21,27-30H,9H2,1-3H3. The predicted octanol–water partition coefficient (Wildman–Crippen LogP) is 5.64. The van der Waals surface area contributed by atoms with E-state index in [2.05, 4.69) is 22.2 Å². The van der Waals surface area contributed by atoms with E-state index in [9.17, 15) is 13.5 Å². The fourth-order valence-electron chi connectivity index (χ4n) is 5.13. The van der Waals surface area contributed by atoms with E-state index in [1.54, 1.807) is 18.2 Å². The molecule has 3 atom stereocenters. The minimum atomic E-state index is -3.75. The summed E-state index contributed by atoms with van der Waals surface area (Å²) in [7, 11) is -2.21. The van der Waals surface area contributed by atoms with Crippen LogP contribution in [-0.2, 0) is 10.0 Å². The van der Waals surface area contributed by atoms with Gasteiger partial charge in [-0.1, -0.05) is 36.4 Å². The van der Waals surface area contributed by atoms with Gasteiger partial charge in [0.1, 0.15) is 0 Å². The number of fused-ring (bicyclic) bond motifs is 3. The first-order valence-corrected chi connectivity index (χ1v) is 12.8. The zero-order valence-electron chi connectivity index (χ0n) is 19.4. The fraction of sp³-hybridized carbons (Fsp3) is 0.259. The topological polar surface area (TPSA) is 87.7 Å². The molecular weight excluding hydrogens is 448 g/mol. The van der Waals surface area contributed by atoms with Crippen molar-refractivity contribution in [2.45, 2.75) is 37.1 Å². The number of ether oxygens (including phenoxy) is 1. The number of rotatable bonds is 5. The summed E-state index contributed by atoms with van der Waals surface area (Å²) in [6.45, 7) is 3.79. The van der Waals surface area contributed by atoms with Crippen molar-refractivity contribution in [2.75, 3.05) is 17.1 Å². The molecule has 176 valence electrons. The number of aryl methyl sites for hydroxylation is 2. The van der Waals surface area contributed by atoms with Gasteiger partial charge in [0.05, 0.1) is 23.7 Å². The number of nitrogens with one attached hydrogen (secondary N) is 2. The van der Waals surface area contributed by atoms with Crippen LogP contribution in [0.15, 0.2) is 71.6 Å². The second-order valence-corrected chi connectivity index (χ2v) is 10.7. The van der Waals surface area contributed by atoms with Crippen LogP contribution in [-0.4, -0.2) is 20.6 Å². The van der Waals surface area contributed by atoms with Crippen molar-refractivity contribution >= 4 is 21.4 Å². The SMILES string of the molecule is COc1cc(C2Nc3ccc(S(=O)(=O)Nc4c(C)cccc4C)cc3C3C=CCC32)ccc1O. The van der Waals surface area contributed by atoms with Gasteiger partial charge >= 0.3 is 0 Å². The second-order valence-electron chi connectivity index (χ2n) is 9.03. The molecule has 0 radical (unpaired) electrons. The number of phenols is 1. The Labute approximate surface area is 200 Å². The second kappa shape index (κ2) is 8.40. The lowest BCUT2D eigenvalue weighted by Gasteiger charge is -2.37. The maximum absolute atomic E-state index is 13.3. The summed E-state index contributed by atoms with van der Waals surface area (Å²) >= 11 is 0. The minimum absolute atomic E-state index is 0.0113. The molecule has 3 unspecified atom stereocenters. The summed E-state index contributed by atoms with van der Waals surface area (Å²) in [6.07, 6.45) is 5.21. The largest absolute Gasteiger partial charge is 0.504 e. The van der Waals surface area contributed by atoms with Gasteiger partial charge in [-0.05, 0) is 78.8 Å². The third kappa shape index (κ3) is 3.80. The van der Waals surface area contributed by atoms with Crippen molar-refractivity contribution in [3.05, 3.63) is 89.0 Å². The number of hydrogen-bond donors (Lipinski definition) is 3. The number of anilines is 2. The number of phenolic OH excluding ortho intramolecular Hbond substituents is 1. The Balaban J connectivity index is 1.50. The Bertz CT molecular complexity index is 1380. The van der Waals surface area contributed by atoms with E-state index in [1.165, 1.54) is 7.11 Å². The summed E-state index contributed by atoms with van der Waals surface area (Å²) in [4.78, 5) is 0.250. The molecule has 0 bridgehead atoms. The summed E-state index contributed by atoms with van der Waals surface area (Å²) in [6, 6.07) is 16.4. The van der Waals surface area contributed by atoms with Crippen LogP contribution in [0.25, 0.3) is 0 Å². The van der Waals surface area contributed by atoms with Gasteiger partial charge in [-0.25, -0.2) is 8.42 Å². The van der Waals surface area contributed by atoms with Crippen LogP contribution >= 0.6 is 0 Å². The van der Waals surface area contributed by atoms with Gasteiger partial charge in [0.15, 0.2) is 11.5 Å². The van der Waals surface area contributed by atoms with Crippen molar-refractivity contribution in [1.29, 1.82) is 0 Å². The minimum Gasteiger partial charge on any atom is -0.504 e. The molecule has 3 N–H and O–H groups in total. The van der Waals surface area contributed by atoms with E-state index >= 15 is 0 Å². The van der Waals surface area contributed by atoms with Crippen LogP contribution in [0.2, 0.25) is 0 Å². The highest BCUT2D eigenvalue weighted by atomic mass is 32.2. The molecule has 0 aromatic heterocycles. The molecule has 1 heterocycles. The van der Waals surface area contributed by atoms with Crippen LogP contribution in [0.4, 0.5) is 11.4 Å². The van der Waals surface area contributed by atoms with E-state index in [1.807, 2.05) is 50.2 Å². The number of hydrogen-bond acceptors (Lipinski definition) is 5. The molecule has 3 aromatic carbocycles. The first-order chi connectivity index (χ1) is 16.3. The van der Waals surface area contributed by atoms with Gasteiger partial charge in [-0.3, -0.25) is 4.72 Å². The van der Waals surface area contributed by atoms with E-state index in [-0.39, 0.29) is 28.5 Å². The van der Waals surface area contributed by atoms with E-state index in [0.717, 1.165) is 34.4 Å². The average molecular weight is 477 g/mol. The Morgan fingerprint density at radius 3 is 2.56 bits per heavy atom. The van der Waals surface area contributed by atoms with Gasteiger partial charge in [0.2, 0.25) is 0 Å². The molecule has 2 aliphatic rings. The maximum Gasteiger partial charge on any atom is 0.261 e. The van der Waals surface area contributed by atoms with Gasteiger partial charge < -0.3 is 15.2 Å². The van der Waals surface area contributed by atoms with Crippen LogP contribution in [0.5, 0.6) is 11.5 Å². The molecule has 5 rings (SSSR count). The highest BCUT2D eigenvalue weighted by Gasteiger charge is 2.38. The van der Waals surface area contributed by atoms with Gasteiger partial charge in [0, 0.05) is 11.6 Å². The summed E-state index contributed by atoms with van der Waals surface area (Å²) in [5.41, 5.74) is 5.30. The molecule has 1 aliphatic carbocycles. The zero-order valence-corrected chi connectivity index (χ0v) is 20.2. The zero-order chi connectivity index (χ0) is 24.0. The van der Waals surface area contributed by atoms with Crippen LogP contribution in [0.1, 0.15) is 40.6 Å². The van der Waals surface area contributed by atoms with Crippen molar-refractivity contribution in [3.63, 3.8) is 0 Å². The van der Waals surface area contributed by atoms with E-state index < -0.39 is 10.0 Å². The maximum atomic E-state index is 13.3. The molecule has 0 amide bonds. The Morgan fingerprint density at radius 2 is 1.82 bits per heavy atom. The molecule has 0 fully saturated rings. The van der Waals surface area contributed by atoms with Gasteiger partial charge in [-0.2, -0.15) is 0 Å². The average Bonchev–Trinajstić information content (AvgIpc) is 3.31. The molecule has 7 heteroatoms. The van der Waals surface area contributed by atoms with E-state index in [4.69, 9.17) is 4.74 Å². The highest BCUT2D eigenvalue weighted by Crippen LogP contribution is 2.51. The Kier molecular flexibility index (Phi) is 5.52. The molecule has 34 heavy (non-hydrogen) atoms.